The average Bonchev–Trinajstić information content (AvgIpc) is 2.24. The van der Waals surface area contributed by atoms with E-state index in [0.717, 1.165) is 4.47 Å². The molecule has 1 aromatic carbocycles. The van der Waals surface area contributed by atoms with Gasteiger partial charge in [0.05, 0.1) is 16.7 Å². The van der Waals surface area contributed by atoms with Gasteiger partial charge >= 0.3 is 0 Å². The predicted octanol–water partition coefficient (Wildman–Crippen LogP) is 3.63. The van der Waals surface area contributed by atoms with E-state index in [4.69, 9.17) is 11.6 Å². The van der Waals surface area contributed by atoms with Gasteiger partial charge in [-0.1, -0.05) is 41.4 Å². The van der Waals surface area contributed by atoms with Crippen molar-refractivity contribution in [2.75, 3.05) is 6.54 Å². The Morgan fingerprint density at radius 1 is 1.53 bits per heavy atom. The van der Waals surface area contributed by atoms with Gasteiger partial charge in [-0.05, 0) is 37.0 Å². The number of aliphatic hydroxyl groups excluding tert-OH is 1. The molecule has 19 heavy (non-hydrogen) atoms. The van der Waals surface area contributed by atoms with E-state index in [1.807, 2.05) is 13.8 Å². The van der Waals surface area contributed by atoms with Gasteiger partial charge in [0, 0.05) is 11.0 Å². The number of carbonyl (C=O) groups excluding carboxylic acids is 1. The van der Waals surface area contributed by atoms with Gasteiger partial charge in [0.1, 0.15) is 0 Å². The van der Waals surface area contributed by atoms with Gasteiger partial charge in [0.15, 0.2) is 0 Å². The summed E-state index contributed by atoms with van der Waals surface area (Å²) >= 11 is 9.33. The standard InChI is InChI=1S/C14H19BrClNO2/c1-9(18)7-14(2,3)8-17-13(19)11-5-4-10(15)6-12(11)16/h4-6,9,18H,7-8H2,1-3H3,(H,17,19). The summed E-state index contributed by atoms with van der Waals surface area (Å²) < 4.78 is 0.837. The van der Waals surface area contributed by atoms with E-state index in [1.165, 1.54) is 0 Å². The largest absolute Gasteiger partial charge is 0.393 e. The van der Waals surface area contributed by atoms with E-state index >= 15 is 0 Å². The molecule has 106 valence electrons. The van der Waals surface area contributed by atoms with Crippen LogP contribution >= 0.6 is 27.5 Å². The van der Waals surface area contributed by atoms with Crippen LogP contribution in [0.25, 0.3) is 0 Å². The molecule has 1 amide bonds. The van der Waals surface area contributed by atoms with E-state index in [2.05, 4.69) is 21.2 Å². The number of carbonyl (C=O) groups is 1. The highest BCUT2D eigenvalue weighted by atomic mass is 79.9. The van der Waals surface area contributed by atoms with Crippen LogP contribution in [0.3, 0.4) is 0 Å². The Bertz CT molecular complexity index is 461. The molecule has 0 fully saturated rings. The van der Waals surface area contributed by atoms with E-state index < -0.39 is 0 Å². The Labute approximate surface area is 127 Å². The highest BCUT2D eigenvalue weighted by molar-refractivity contribution is 9.10. The second-order valence-corrected chi connectivity index (χ2v) is 6.85. The zero-order valence-corrected chi connectivity index (χ0v) is 13.7. The third-order valence-electron chi connectivity index (χ3n) is 2.75. The molecule has 2 N–H and O–H groups in total. The van der Waals surface area contributed by atoms with Gasteiger partial charge in [-0.15, -0.1) is 0 Å². The van der Waals surface area contributed by atoms with Crippen molar-refractivity contribution in [3.05, 3.63) is 33.3 Å². The second kappa shape index (κ2) is 6.73. The number of benzene rings is 1. The van der Waals surface area contributed by atoms with Crippen LogP contribution in [0.15, 0.2) is 22.7 Å². The third kappa shape index (κ3) is 5.51. The topological polar surface area (TPSA) is 49.3 Å². The highest BCUT2D eigenvalue weighted by Crippen LogP contribution is 2.23. The van der Waals surface area contributed by atoms with Gasteiger partial charge in [-0.2, -0.15) is 0 Å². The molecular formula is C14H19BrClNO2. The minimum atomic E-state index is -0.386. The predicted molar refractivity (Wildman–Crippen MR) is 81.6 cm³/mol. The first-order valence-corrected chi connectivity index (χ1v) is 7.30. The number of halogens is 2. The second-order valence-electron chi connectivity index (χ2n) is 5.52. The Balaban J connectivity index is 2.65. The first kappa shape index (κ1) is 16.5. The summed E-state index contributed by atoms with van der Waals surface area (Å²) in [5.74, 6) is -0.198. The maximum absolute atomic E-state index is 12.0. The highest BCUT2D eigenvalue weighted by Gasteiger charge is 2.22. The molecule has 0 aliphatic rings. The van der Waals surface area contributed by atoms with Gasteiger partial charge in [0.25, 0.3) is 5.91 Å². The molecule has 0 saturated carbocycles. The molecular weight excluding hydrogens is 330 g/mol. The molecule has 0 heterocycles. The third-order valence-corrected chi connectivity index (χ3v) is 3.56. The minimum absolute atomic E-state index is 0.161. The number of nitrogens with one attached hydrogen (secondary N) is 1. The van der Waals surface area contributed by atoms with Crippen molar-refractivity contribution in [1.82, 2.24) is 5.32 Å². The SMILES string of the molecule is CC(O)CC(C)(C)CNC(=O)c1ccc(Br)cc1Cl. The molecule has 0 spiro atoms. The number of rotatable bonds is 5. The minimum Gasteiger partial charge on any atom is -0.393 e. The van der Waals surface area contributed by atoms with Crippen molar-refractivity contribution in [3.8, 4) is 0 Å². The lowest BCUT2D eigenvalue weighted by molar-refractivity contribution is 0.0902. The van der Waals surface area contributed by atoms with Crippen LogP contribution in [0.5, 0.6) is 0 Å². The average molecular weight is 349 g/mol. The van der Waals surface area contributed by atoms with E-state index in [0.29, 0.717) is 23.6 Å². The summed E-state index contributed by atoms with van der Waals surface area (Å²) in [4.78, 5) is 12.0. The zero-order valence-electron chi connectivity index (χ0n) is 11.3. The van der Waals surface area contributed by atoms with Gasteiger partial charge in [0.2, 0.25) is 0 Å². The van der Waals surface area contributed by atoms with E-state index in [9.17, 15) is 9.90 Å². The molecule has 0 saturated heterocycles. The first-order valence-electron chi connectivity index (χ1n) is 6.12. The Kier molecular flexibility index (Phi) is 5.83. The number of amides is 1. The van der Waals surface area contributed by atoms with Gasteiger partial charge < -0.3 is 10.4 Å². The van der Waals surface area contributed by atoms with Crippen molar-refractivity contribution < 1.29 is 9.90 Å². The van der Waals surface area contributed by atoms with Crippen LogP contribution in [0.4, 0.5) is 0 Å². The summed E-state index contributed by atoms with van der Waals surface area (Å²) in [5.41, 5.74) is 0.295. The fourth-order valence-electron chi connectivity index (χ4n) is 1.96. The molecule has 0 aromatic heterocycles. The molecule has 1 rings (SSSR count). The fourth-order valence-corrected chi connectivity index (χ4v) is 2.72. The first-order chi connectivity index (χ1) is 8.71. The fraction of sp³-hybridized carbons (Fsp3) is 0.500. The summed E-state index contributed by atoms with van der Waals surface area (Å²) in [7, 11) is 0. The smallest absolute Gasteiger partial charge is 0.252 e. The van der Waals surface area contributed by atoms with Crippen molar-refractivity contribution in [2.24, 2.45) is 5.41 Å². The molecule has 0 aliphatic carbocycles. The summed E-state index contributed by atoms with van der Waals surface area (Å²) in [6.45, 7) is 6.24. The molecule has 1 unspecified atom stereocenters. The Hall–Kier alpha value is -0.580. The maximum Gasteiger partial charge on any atom is 0.252 e. The molecule has 0 aliphatic heterocycles. The molecule has 1 atom stereocenters. The number of hydrogen-bond donors (Lipinski definition) is 2. The lowest BCUT2D eigenvalue weighted by Crippen LogP contribution is -2.35. The molecule has 0 bridgehead atoms. The zero-order chi connectivity index (χ0) is 14.6. The lowest BCUT2D eigenvalue weighted by Gasteiger charge is -2.26. The van der Waals surface area contributed by atoms with Gasteiger partial charge in [-0.3, -0.25) is 4.79 Å². The summed E-state index contributed by atoms with van der Waals surface area (Å²) in [6, 6.07) is 5.16. The van der Waals surface area contributed by atoms with Crippen LogP contribution in [-0.2, 0) is 0 Å². The molecule has 3 nitrogen and oxygen atoms in total. The Morgan fingerprint density at radius 3 is 2.68 bits per heavy atom. The van der Waals surface area contributed by atoms with Crippen LogP contribution in [-0.4, -0.2) is 23.7 Å². The van der Waals surface area contributed by atoms with Crippen molar-refractivity contribution in [2.45, 2.75) is 33.3 Å². The number of hydrogen-bond acceptors (Lipinski definition) is 2. The van der Waals surface area contributed by atoms with Gasteiger partial charge in [-0.25, -0.2) is 0 Å². The lowest BCUT2D eigenvalue weighted by atomic mass is 9.87. The summed E-state index contributed by atoms with van der Waals surface area (Å²) in [5, 5.41) is 12.7. The van der Waals surface area contributed by atoms with Crippen LogP contribution < -0.4 is 5.32 Å². The number of aliphatic hydroxyl groups is 1. The maximum atomic E-state index is 12.0. The molecule has 1 aromatic rings. The molecule has 5 heteroatoms. The Morgan fingerprint density at radius 2 is 2.16 bits per heavy atom. The van der Waals surface area contributed by atoms with Crippen molar-refractivity contribution in [1.29, 1.82) is 0 Å². The normalized spacial score (nSPS) is 13.2. The van der Waals surface area contributed by atoms with E-state index in [-0.39, 0.29) is 17.4 Å². The van der Waals surface area contributed by atoms with Crippen LogP contribution in [0.2, 0.25) is 5.02 Å². The van der Waals surface area contributed by atoms with E-state index in [1.54, 1.807) is 25.1 Å². The van der Waals surface area contributed by atoms with Crippen molar-refractivity contribution in [3.63, 3.8) is 0 Å². The van der Waals surface area contributed by atoms with Crippen LogP contribution in [0, 0.1) is 5.41 Å². The molecule has 0 radical (unpaired) electrons. The van der Waals surface area contributed by atoms with Crippen molar-refractivity contribution >= 4 is 33.4 Å². The summed E-state index contributed by atoms with van der Waals surface area (Å²) in [6.07, 6.45) is 0.240. The monoisotopic (exact) mass is 347 g/mol. The quantitative estimate of drug-likeness (QED) is 0.853. The van der Waals surface area contributed by atoms with Crippen LogP contribution in [0.1, 0.15) is 37.6 Å².